The lowest BCUT2D eigenvalue weighted by molar-refractivity contribution is -0.134. The van der Waals surface area contributed by atoms with Gasteiger partial charge in [0.1, 0.15) is 5.82 Å². The van der Waals surface area contributed by atoms with Gasteiger partial charge < -0.3 is 10.2 Å². The number of unbranched alkanes of at least 4 members (excludes halogenated alkanes) is 5. The lowest BCUT2D eigenvalue weighted by atomic mass is 9.92. The van der Waals surface area contributed by atoms with Crippen molar-refractivity contribution in [3.05, 3.63) is 41.0 Å². The summed E-state index contributed by atoms with van der Waals surface area (Å²) in [6.45, 7) is 11.1. The van der Waals surface area contributed by atoms with E-state index in [4.69, 9.17) is 16.7 Å². The third-order valence-electron chi connectivity index (χ3n) is 5.79. The van der Waals surface area contributed by atoms with Crippen LogP contribution in [0.5, 0.6) is 0 Å². The van der Waals surface area contributed by atoms with Crippen molar-refractivity contribution in [3.8, 4) is 5.69 Å². The molecule has 0 spiro atoms. The fraction of sp³-hybridized carbons (Fsp3) is 0.593. The average molecular weight is 489 g/mol. The maximum absolute atomic E-state index is 13.1. The van der Waals surface area contributed by atoms with Crippen molar-refractivity contribution in [3.63, 3.8) is 0 Å². The Morgan fingerprint density at radius 3 is 2.35 bits per heavy atom. The van der Waals surface area contributed by atoms with Gasteiger partial charge >= 0.3 is 0 Å². The molecule has 2 amide bonds. The van der Waals surface area contributed by atoms with E-state index < -0.39 is 0 Å². The number of rotatable bonds is 13. The normalized spacial score (nSPS) is 11.5. The molecule has 1 heterocycles. The van der Waals surface area contributed by atoms with Crippen LogP contribution in [0.25, 0.3) is 5.69 Å². The number of amides is 2. The summed E-state index contributed by atoms with van der Waals surface area (Å²) in [6, 6.07) is 9.29. The molecule has 6 nitrogen and oxygen atoms in total. The first-order chi connectivity index (χ1) is 16.2. The van der Waals surface area contributed by atoms with Crippen LogP contribution in [0, 0.1) is 0 Å². The van der Waals surface area contributed by atoms with E-state index in [1.54, 1.807) is 15.6 Å². The number of aromatic nitrogens is 2. The Hall–Kier alpha value is -2.34. The quantitative estimate of drug-likeness (QED) is 0.317. The molecule has 0 radical (unpaired) electrons. The summed E-state index contributed by atoms with van der Waals surface area (Å²) < 4.78 is 1.67. The fourth-order valence-corrected chi connectivity index (χ4v) is 3.89. The smallest absolute Gasteiger partial charge is 0.245 e. The van der Waals surface area contributed by atoms with Crippen LogP contribution in [0.15, 0.2) is 30.3 Å². The van der Waals surface area contributed by atoms with Crippen molar-refractivity contribution in [1.29, 1.82) is 0 Å². The lowest BCUT2D eigenvalue weighted by Crippen LogP contribution is -2.38. The van der Waals surface area contributed by atoms with Crippen molar-refractivity contribution < 1.29 is 9.59 Å². The maximum Gasteiger partial charge on any atom is 0.245 e. The van der Waals surface area contributed by atoms with Crippen LogP contribution < -0.4 is 5.32 Å². The molecule has 188 valence electrons. The molecule has 1 N–H and O–H groups in total. The molecule has 1 aromatic heterocycles. The van der Waals surface area contributed by atoms with Crippen molar-refractivity contribution in [2.45, 2.75) is 91.4 Å². The highest BCUT2D eigenvalue weighted by atomic mass is 35.5. The first kappa shape index (κ1) is 27.9. The van der Waals surface area contributed by atoms with E-state index >= 15 is 0 Å². The largest absolute Gasteiger partial charge is 0.333 e. The predicted molar refractivity (Wildman–Crippen MR) is 141 cm³/mol. The van der Waals surface area contributed by atoms with Gasteiger partial charge in [0.15, 0.2) is 0 Å². The monoisotopic (exact) mass is 488 g/mol. The third kappa shape index (κ3) is 8.46. The Kier molecular flexibility index (Phi) is 11.1. The van der Waals surface area contributed by atoms with E-state index in [-0.39, 0.29) is 23.8 Å². The standard InChI is InChI=1S/C27H41ClN4O2/c1-6-8-10-11-12-17-26(34)31(18-9-7-2)20-25(33)29-24-19-23(27(3,4)5)30-32(24)22-16-14-13-15-21(22)28/h13-16,19H,6-12,17-18,20H2,1-5H3,(H,29,33). The molecule has 0 atom stereocenters. The summed E-state index contributed by atoms with van der Waals surface area (Å²) in [5.74, 6) is 0.365. The number of halogens is 1. The van der Waals surface area contributed by atoms with E-state index in [1.165, 1.54) is 12.8 Å². The van der Waals surface area contributed by atoms with Gasteiger partial charge in [-0.05, 0) is 25.0 Å². The Morgan fingerprint density at radius 2 is 1.71 bits per heavy atom. The van der Waals surface area contributed by atoms with E-state index in [0.29, 0.717) is 29.5 Å². The molecular weight excluding hydrogens is 448 g/mol. The van der Waals surface area contributed by atoms with Gasteiger partial charge in [0.2, 0.25) is 11.8 Å². The summed E-state index contributed by atoms with van der Waals surface area (Å²) in [5.41, 5.74) is 1.34. The molecule has 0 aliphatic rings. The molecule has 0 unspecified atom stereocenters. The number of anilines is 1. The highest BCUT2D eigenvalue weighted by molar-refractivity contribution is 6.32. The minimum Gasteiger partial charge on any atom is -0.333 e. The SMILES string of the molecule is CCCCCCCC(=O)N(CCCC)CC(=O)Nc1cc(C(C)(C)C)nn1-c1ccccc1Cl. The van der Waals surface area contributed by atoms with Gasteiger partial charge in [-0.1, -0.05) is 90.5 Å². The van der Waals surface area contributed by atoms with Crippen LogP contribution in [-0.4, -0.2) is 39.6 Å². The Balaban J connectivity index is 2.16. The number of hydrogen-bond acceptors (Lipinski definition) is 3. The highest BCUT2D eigenvalue weighted by Gasteiger charge is 2.23. The second-order valence-electron chi connectivity index (χ2n) is 9.91. The third-order valence-corrected chi connectivity index (χ3v) is 6.11. The summed E-state index contributed by atoms with van der Waals surface area (Å²) in [5, 5.41) is 8.26. The zero-order valence-corrected chi connectivity index (χ0v) is 22.2. The topological polar surface area (TPSA) is 67.2 Å². The molecule has 0 aliphatic heterocycles. The summed E-state index contributed by atoms with van der Waals surface area (Å²) in [4.78, 5) is 27.6. The van der Waals surface area contributed by atoms with Gasteiger partial charge in [-0.3, -0.25) is 9.59 Å². The average Bonchev–Trinajstić information content (AvgIpc) is 3.20. The maximum atomic E-state index is 13.1. The number of hydrogen-bond donors (Lipinski definition) is 1. The molecule has 0 fully saturated rings. The molecular formula is C27H41ClN4O2. The van der Waals surface area contributed by atoms with Crippen LogP contribution in [0.3, 0.4) is 0 Å². The lowest BCUT2D eigenvalue weighted by Gasteiger charge is -2.22. The van der Waals surface area contributed by atoms with Gasteiger partial charge in [-0.25, -0.2) is 4.68 Å². The number of para-hydroxylation sites is 1. The van der Waals surface area contributed by atoms with Gasteiger partial charge in [-0.15, -0.1) is 0 Å². The van der Waals surface area contributed by atoms with E-state index in [1.807, 2.05) is 24.3 Å². The highest BCUT2D eigenvalue weighted by Crippen LogP contribution is 2.29. The second-order valence-corrected chi connectivity index (χ2v) is 10.3. The molecule has 0 aliphatic carbocycles. The van der Waals surface area contributed by atoms with Gasteiger partial charge in [-0.2, -0.15) is 5.10 Å². The van der Waals surface area contributed by atoms with Crippen LogP contribution in [0.2, 0.25) is 5.02 Å². The molecule has 2 aromatic rings. The van der Waals surface area contributed by atoms with Crippen LogP contribution in [0.1, 0.15) is 91.7 Å². The molecule has 7 heteroatoms. The molecule has 34 heavy (non-hydrogen) atoms. The van der Waals surface area contributed by atoms with E-state index in [0.717, 1.165) is 37.8 Å². The van der Waals surface area contributed by atoms with Crippen molar-refractivity contribution in [2.75, 3.05) is 18.4 Å². The Labute approximate surface area is 210 Å². The number of nitrogens with zero attached hydrogens (tertiary/aromatic N) is 3. The zero-order chi connectivity index (χ0) is 25.1. The van der Waals surface area contributed by atoms with Gasteiger partial charge in [0.25, 0.3) is 0 Å². The molecule has 2 rings (SSSR count). The fourth-order valence-electron chi connectivity index (χ4n) is 3.68. The molecule has 0 bridgehead atoms. The zero-order valence-electron chi connectivity index (χ0n) is 21.5. The van der Waals surface area contributed by atoms with E-state index in [9.17, 15) is 9.59 Å². The van der Waals surface area contributed by atoms with Crippen LogP contribution in [0.4, 0.5) is 5.82 Å². The van der Waals surface area contributed by atoms with Crippen molar-refractivity contribution >= 4 is 29.2 Å². The number of carbonyl (C=O) groups excluding carboxylic acids is 2. The van der Waals surface area contributed by atoms with Gasteiger partial charge in [0, 0.05) is 24.4 Å². The summed E-state index contributed by atoms with van der Waals surface area (Å²) in [7, 11) is 0. The Bertz CT molecular complexity index is 933. The van der Waals surface area contributed by atoms with Crippen molar-refractivity contribution in [1.82, 2.24) is 14.7 Å². The first-order valence-corrected chi connectivity index (χ1v) is 13.0. The predicted octanol–water partition coefficient (Wildman–Crippen LogP) is 6.75. The van der Waals surface area contributed by atoms with Crippen molar-refractivity contribution in [2.24, 2.45) is 0 Å². The summed E-state index contributed by atoms with van der Waals surface area (Å²) in [6.07, 6.45) is 7.80. The molecule has 0 saturated carbocycles. The van der Waals surface area contributed by atoms with Crippen LogP contribution >= 0.6 is 11.6 Å². The molecule has 1 aromatic carbocycles. The van der Waals surface area contributed by atoms with E-state index in [2.05, 4.69) is 39.9 Å². The summed E-state index contributed by atoms with van der Waals surface area (Å²) >= 11 is 6.43. The Morgan fingerprint density at radius 1 is 1.03 bits per heavy atom. The minimum atomic E-state index is -0.232. The number of benzene rings is 1. The van der Waals surface area contributed by atoms with Gasteiger partial charge in [0.05, 0.1) is 22.9 Å². The first-order valence-electron chi connectivity index (χ1n) is 12.6. The number of carbonyl (C=O) groups is 2. The number of nitrogens with one attached hydrogen (secondary N) is 1. The minimum absolute atomic E-state index is 0.0341. The molecule has 0 saturated heterocycles. The van der Waals surface area contributed by atoms with Crippen LogP contribution in [-0.2, 0) is 15.0 Å². The second kappa shape index (κ2) is 13.5.